The molecule has 19 heavy (non-hydrogen) atoms. The second-order valence-electron chi connectivity index (χ2n) is 4.35. The van der Waals surface area contributed by atoms with Crippen LogP contribution in [-0.2, 0) is 6.54 Å². The van der Waals surface area contributed by atoms with Gasteiger partial charge >= 0.3 is 0 Å². The number of nitrogens with two attached hydrogens (primary N) is 1. The minimum atomic E-state index is -0.107. The van der Waals surface area contributed by atoms with Gasteiger partial charge in [-0.2, -0.15) is 0 Å². The van der Waals surface area contributed by atoms with Gasteiger partial charge in [0, 0.05) is 22.3 Å². The third kappa shape index (κ3) is 3.35. The minimum absolute atomic E-state index is 0.107. The van der Waals surface area contributed by atoms with Gasteiger partial charge in [-0.3, -0.25) is 4.79 Å². The van der Waals surface area contributed by atoms with Gasteiger partial charge in [0.2, 0.25) is 0 Å². The number of hydrogen-bond acceptors (Lipinski definition) is 2. The first-order chi connectivity index (χ1) is 9.08. The van der Waals surface area contributed by atoms with E-state index in [9.17, 15) is 4.79 Å². The van der Waals surface area contributed by atoms with Crippen LogP contribution in [0.25, 0.3) is 0 Å². The molecule has 3 nitrogen and oxygen atoms in total. The Bertz CT molecular complexity index is 611. The van der Waals surface area contributed by atoms with Gasteiger partial charge < -0.3 is 11.1 Å². The lowest BCUT2D eigenvalue weighted by Crippen LogP contribution is -2.23. The molecular weight excluding hydrogens is 304 g/mol. The lowest BCUT2D eigenvalue weighted by Gasteiger charge is -2.08. The molecule has 98 valence electrons. The molecule has 0 fully saturated rings. The molecule has 0 saturated heterocycles. The van der Waals surface area contributed by atoms with E-state index in [2.05, 4.69) is 21.2 Å². The molecule has 2 aromatic rings. The number of benzene rings is 2. The SMILES string of the molecule is Cc1ccc(C(=O)NCc2ccccc2N)cc1Br. The number of para-hydroxylation sites is 1. The summed E-state index contributed by atoms with van der Waals surface area (Å²) in [6, 6.07) is 13.0. The van der Waals surface area contributed by atoms with Crippen LogP contribution in [0.3, 0.4) is 0 Å². The third-order valence-corrected chi connectivity index (χ3v) is 3.78. The van der Waals surface area contributed by atoms with Gasteiger partial charge in [-0.15, -0.1) is 0 Å². The van der Waals surface area contributed by atoms with Gasteiger partial charge in [0.05, 0.1) is 0 Å². The van der Waals surface area contributed by atoms with Crippen molar-refractivity contribution in [2.24, 2.45) is 0 Å². The maximum absolute atomic E-state index is 12.0. The van der Waals surface area contributed by atoms with Crippen molar-refractivity contribution in [1.29, 1.82) is 0 Å². The molecule has 0 radical (unpaired) electrons. The van der Waals surface area contributed by atoms with E-state index in [1.807, 2.05) is 49.4 Å². The number of amides is 1. The van der Waals surface area contributed by atoms with Gasteiger partial charge in [0.1, 0.15) is 0 Å². The van der Waals surface area contributed by atoms with Crippen molar-refractivity contribution in [3.8, 4) is 0 Å². The van der Waals surface area contributed by atoms with Crippen molar-refractivity contribution in [3.05, 3.63) is 63.6 Å². The Morgan fingerprint density at radius 3 is 2.68 bits per heavy atom. The van der Waals surface area contributed by atoms with Gasteiger partial charge in [-0.25, -0.2) is 0 Å². The Kier molecular flexibility index (Phi) is 4.22. The molecule has 0 bridgehead atoms. The highest BCUT2D eigenvalue weighted by Gasteiger charge is 2.07. The topological polar surface area (TPSA) is 55.1 Å². The average Bonchev–Trinajstić information content (AvgIpc) is 2.40. The number of halogens is 1. The van der Waals surface area contributed by atoms with Crippen LogP contribution in [0.5, 0.6) is 0 Å². The molecule has 3 N–H and O–H groups in total. The number of anilines is 1. The van der Waals surface area contributed by atoms with E-state index >= 15 is 0 Å². The first kappa shape index (κ1) is 13.6. The lowest BCUT2D eigenvalue weighted by atomic mass is 10.1. The summed E-state index contributed by atoms with van der Waals surface area (Å²) in [6.07, 6.45) is 0. The highest BCUT2D eigenvalue weighted by molar-refractivity contribution is 9.10. The number of nitrogen functional groups attached to an aromatic ring is 1. The normalized spacial score (nSPS) is 10.2. The molecule has 0 aromatic heterocycles. The quantitative estimate of drug-likeness (QED) is 0.853. The van der Waals surface area contributed by atoms with Gasteiger partial charge in [-0.05, 0) is 36.2 Å². The van der Waals surface area contributed by atoms with Gasteiger partial charge in [0.15, 0.2) is 0 Å². The van der Waals surface area contributed by atoms with Crippen molar-refractivity contribution in [2.45, 2.75) is 13.5 Å². The number of carbonyl (C=O) groups is 1. The molecule has 2 aromatic carbocycles. The first-order valence-electron chi connectivity index (χ1n) is 5.95. The Labute approximate surface area is 121 Å². The summed E-state index contributed by atoms with van der Waals surface area (Å²) in [5, 5.41) is 2.86. The number of hydrogen-bond donors (Lipinski definition) is 2. The fraction of sp³-hybridized carbons (Fsp3) is 0.133. The van der Waals surface area contributed by atoms with Crippen molar-refractivity contribution in [1.82, 2.24) is 5.32 Å². The second kappa shape index (κ2) is 5.89. The molecule has 4 heteroatoms. The number of rotatable bonds is 3. The van der Waals surface area contributed by atoms with Crippen LogP contribution < -0.4 is 11.1 Å². The predicted molar refractivity (Wildman–Crippen MR) is 80.9 cm³/mol. The zero-order chi connectivity index (χ0) is 13.8. The maximum atomic E-state index is 12.0. The van der Waals surface area contributed by atoms with Crippen molar-refractivity contribution < 1.29 is 4.79 Å². The van der Waals surface area contributed by atoms with Crippen LogP contribution in [0.2, 0.25) is 0 Å². The Balaban J connectivity index is 2.05. The van der Waals surface area contributed by atoms with E-state index in [-0.39, 0.29) is 5.91 Å². The summed E-state index contributed by atoms with van der Waals surface area (Å²) in [5.41, 5.74) is 9.17. The van der Waals surface area contributed by atoms with E-state index in [0.717, 1.165) is 15.6 Å². The molecule has 0 aliphatic carbocycles. The molecule has 0 atom stereocenters. The first-order valence-corrected chi connectivity index (χ1v) is 6.75. The Morgan fingerprint density at radius 2 is 2.00 bits per heavy atom. The van der Waals surface area contributed by atoms with Crippen LogP contribution in [0.1, 0.15) is 21.5 Å². The number of carbonyl (C=O) groups excluding carboxylic acids is 1. The highest BCUT2D eigenvalue weighted by atomic mass is 79.9. The molecule has 0 aliphatic heterocycles. The molecule has 0 saturated carbocycles. The van der Waals surface area contributed by atoms with Crippen LogP contribution in [0, 0.1) is 6.92 Å². The maximum Gasteiger partial charge on any atom is 0.251 e. The van der Waals surface area contributed by atoms with Crippen molar-refractivity contribution in [2.75, 3.05) is 5.73 Å². The molecule has 0 spiro atoms. The van der Waals surface area contributed by atoms with Crippen molar-refractivity contribution >= 4 is 27.5 Å². The molecule has 0 unspecified atom stereocenters. The van der Waals surface area contributed by atoms with E-state index < -0.39 is 0 Å². The zero-order valence-electron chi connectivity index (χ0n) is 10.6. The van der Waals surface area contributed by atoms with E-state index in [1.54, 1.807) is 0 Å². The second-order valence-corrected chi connectivity index (χ2v) is 5.20. The highest BCUT2D eigenvalue weighted by Crippen LogP contribution is 2.17. The van der Waals surface area contributed by atoms with E-state index in [0.29, 0.717) is 17.8 Å². The summed E-state index contributed by atoms with van der Waals surface area (Å²) in [7, 11) is 0. The smallest absolute Gasteiger partial charge is 0.251 e. The Hall–Kier alpha value is -1.81. The third-order valence-electron chi connectivity index (χ3n) is 2.93. The zero-order valence-corrected chi connectivity index (χ0v) is 12.2. The summed E-state index contributed by atoms with van der Waals surface area (Å²) in [6.45, 7) is 2.41. The lowest BCUT2D eigenvalue weighted by molar-refractivity contribution is 0.0951. The van der Waals surface area contributed by atoms with Gasteiger partial charge in [0.25, 0.3) is 5.91 Å². The monoisotopic (exact) mass is 318 g/mol. The molecular formula is C15H15BrN2O. The fourth-order valence-electron chi connectivity index (χ4n) is 1.71. The van der Waals surface area contributed by atoms with Crippen LogP contribution in [0.4, 0.5) is 5.69 Å². The molecule has 2 rings (SSSR count). The fourth-order valence-corrected chi connectivity index (χ4v) is 2.09. The average molecular weight is 319 g/mol. The number of nitrogens with one attached hydrogen (secondary N) is 1. The van der Waals surface area contributed by atoms with Crippen LogP contribution in [-0.4, -0.2) is 5.91 Å². The number of aryl methyl sites for hydroxylation is 1. The summed E-state index contributed by atoms with van der Waals surface area (Å²) < 4.78 is 0.930. The summed E-state index contributed by atoms with van der Waals surface area (Å²) in [4.78, 5) is 12.0. The van der Waals surface area contributed by atoms with Crippen LogP contribution in [0.15, 0.2) is 46.9 Å². The molecule has 0 aliphatic rings. The van der Waals surface area contributed by atoms with Crippen molar-refractivity contribution in [3.63, 3.8) is 0 Å². The van der Waals surface area contributed by atoms with Crippen LogP contribution >= 0.6 is 15.9 Å². The summed E-state index contributed by atoms with van der Waals surface area (Å²) >= 11 is 3.42. The largest absolute Gasteiger partial charge is 0.398 e. The Morgan fingerprint density at radius 1 is 1.26 bits per heavy atom. The van der Waals surface area contributed by atoms with E-state index in [4.69, 9.17) is 5.73 Å². The van der Waals surface area contributed by atoms with Gasteiger partial charge in [-0.1, -0.05) is 40.2 Å². The van der Waals surface area contributed by atoms with E-state index in [1.165, 1.54) is 0 Å². The minimum Gasteiger partial charge on any atom is -0.398 e. The summed E-state index contributed by atoms with van der Waals surface area (Å²) in [5.74, 6) is -0.107. The molecule has 0 heterocycles. The predicted octanol–water partition coefficient (Wildman–Crippen LogP) is 3.27. The standard InChI is InChI=1S/C15H15BrN2O/c1-10-6-7-11(8-13(10)16)15(19)18-9-12-4-2-3-5-14(12)17/h2-8H,9,17H2,1H3,(H,18,19). The molecule has 1 amide bonds.